The lowest BCUT2D eigenvalue weighted by molar-refractivity contribution is 0.792. The number of fused-ring (bicyclic) bond motifs is 1. The molecule has 3 heteroatoms. The van der Waals surface area contributed by atoms with Crippen molar-refractivity contribution in [2.75, 3.05) is 0 Å². The number of nitrogens with two attached hydrogens (primary N) is 1. The van der Waals surface area contributed by atoms with E-state index in [1.165, 1.54) is 0 Å². The van der Waals surface area contributed by atoms with Gasteiger partial charge in [-0.25, -0.2) is 0 Å². The molecule has 1 atom stereocenters. The van der Waals surface area contributed by atoms with Gasteiger partial charge in [-0.1, -0.05) is 0 Å². The third-order valence-corrected chi connectivity index (χ3v) is 1.93. The first-order valence-electron chi connectivity index (χ1n) is 3.95. The molecule has 0 aromatic carbocycles. The second-order valence-electron chi connectivity index (χ2n) is 2.98. The Bertz CT molecular complexity index is 356. The highest BCUT2D eigenvalue weighted by Crippen LogP contribution is 2.16. The number of nitrogens with zero attached hydrogens (tertiary/aromatic N) is 1. The lowest BCUT2D eigenvalue weighted by Gasteiger charge is -1.98. The van der Waals surface area contributed by atoms with Gasteiger partial charge in [0.15, 0.2) is 0 Å². The van der Waals surface area contributed by atoms with Crippen LogP contribution < -0.4 is 5.73 Å². The van der Waals surface area contributed by atoms with Gasteiger partial charge >= 0.3 is 0 Å². The number of H-pyrrole nitrogens is 1. The number of rotatable bonds is 1. The van der Waals surface area contributed by atoms with Crippen molar-refractivity contribution in [3.8, 4) is 0 Å². The maximum atomic E-state index is 5.73. The molecule has 2 heterocycles. The molecule has 0 radical (unpaired) electrons. The van der Waals surface area contributed by atoms with E-state index in [0.29, 0.717) is 0 Å². The molecule has 0 aliphatic carbocycles. The topological polar surface area (TPSA) is 54.7 Å². The van der Waals surface area contributed by atoms with E-state index in [0.717, 1.165) is 16.6 Å². The molecule has 0 fully saturated rings. The largest absolute Gasteiger partial charge is 0.357 e. The molecule has 12 heavy (non-hydrogen) atoms. The molecule has 0 saturated heterocycles. The third kappa shape index (κ3) is 1.08. The van der Waals surface area contributed by atoms with Gasteiger partial charge in [0.1, 0.15) is 0 Å². The van der Waals surface area contributed by atoms with Gasteiger partial charge < -0.3 is 10.7 Å². The fraction of sp³-hybridized carbons (Fsp3) is 0.222. The summed E-state index contributed by atoms with van der Waals surface area (Å²) in [5.74, 6) is 0. The summed E-state index contributed by atoms with van der Waals surface area (Å²) in [4.78, 5) is 7.25. The quantitative estimate of drug-likeness (QED) is 0.667. The van der Waals surface area contributed by atoms with Gasteiger partial charge in [-0.2, -0.15) is 0 Å². The molecule has 0 unspecified atom stereocenters. The van der Waals surface area contributed by atoms with E-state index in [1.807, 2.05) is 25.3 Å². The predicted octanol–water partition coefficient (Wildman–Crippen LogP) is 1.58. The summed E-state index contributed by atoms with van der Waals surface area (Å²) >= 11 is 0. The fourth-order valence-corrected chi connectivity index (χ4v) is 1.24. The summed E-state index contributed by atoms with van der Waals surface area (Å²) in [5, 5.41) is 1.12. The first kappa shape index (κ1) is 7.31. The molecule has 0 bridgehead atoms. The number of aromatic amines is 1. The molecule has 0 spiro atoms. The minimum absolute atomic E-state index is 0.0531. The van der Waals surface area contributed by atoms with Crippen LogP contribution in [0.4, 0.5) is 0 Å². The fourth-order valence-electron chi connectivity index (χ4n) is 1.24. The van der Waals surface area contributed by atoms with Crippen LogP contribution in [0.5, 0.6) is 0 Å². The van der Waals surface area contributed by atoms with E-state index in [9.17, 15) is 0 Å². The molecule has 3 nitrogen and oxygen atoms in total. The molecule has 2 rings (SSSR count). The van der Waals surface area contributed by atoms with Crippen molar-refractivity contribution in [2.24, 2.45) is 5.73 Å². The van der Waals surface area contributed by atoms with Crippen LogP contribution in [-0.4, -0.2) is 9.97 Å². The molecule has 0 aliphatic rings. The third-order valence-electron chi connectivity index (χ3n) is 1.93. The summed E-state index contributed by atoms with van der Waals surface area (Å²) in [6.45, 7) is 1.96. The molecule has 3 N–H and O–H groups in total. The van der Waals surface area contributed by atoms with Crippen molar-refractivity contribution < 1.29 is 0 Å². The van der Waals surface area contributed by atoms with Crippen molar-refractivity contribution in [3.63, 3.8) is 0 Å². The van der Waals surface area contributed by atoms with Gasteiger partial charge in [0.2, 0.25) is 0 Å². The molecule has 62 valence electrons. The average Bonchev–Trinajstić information content (AvgIpc) is 2.46. The number of nitrogens with one attached hydrogen (secondary N) is 1. The summed E-state index contributed by atoms with van der Waals surface area (Å²) < 4.78 is 0. The van der Waals surface area contributed by atoms with Crippen molar-refractivity contribution >= 4 is 10.9 Å². The molecule has 0 aliphatic heterocycles. The normalized spacial score (nSPS) is 13.5. The van der Waals surface area contributed by atoms with Crippen LogP contribution in [0.3, 0.4) is 0 Å². The first-order chi connectivity index (χ1) is 5.77. The minimum Gasteiger partial charge on any atom is -0.357 e. The Hall–Kier alpha value is -1.35. The zero-order valence-electron chi connectivity index (χ0n) is 6.91. The van der Waals surface area contributed by atoms with E-state index >= 15 is 0 Å². The van der Waals surface area contributed by atoms with Crippen LogP contribution in [0, 0.1) is 0 Å². The Morgan fingerprint density at radius 1 is 1.58 bits per heavy atom. The van der Waals surface area contributed by atoms with Gasteiger partial charge in [-0.3, -0.25) is 4.98 Å². The van der Waals surface area contributed by atoms with Gasteiger partial charge in [0, 0.05) is 35.0 Å². The zero-order chi connectivity index (χ0) is 8.55. The smallest absolute Gasteiger partial charge is 0.0487 e. The molecular formula is C9H11N3. The number of aromatic nitrogens is 2. The Kier molecular flexibility index (Phi) is 1.59. The highest BCUT2D eigenvalue weighted by atomic mass is 14.8. The second-order valence-corrected chi connectivity index (χ2v) is 2.98. The van der Waals surface area contributed by atoms with Crippen LogP contribution in [-0.2, 0) is 0 Å². The maximum Gasteiger partial charge on any atom is 0.0487 e. The number of pyridine rings is 1. The SMILES string of the molecule is C[C@@H](N)c1cc2cnccc2[nH]1. The molecule has 2 aromatic rings. The second kappa shape index (κ2) is 2.60. The Morgan fingerprint density at radius 3 is 3.08 bits per heavy atom. The molecular weight excluding hydrogens is 150 g/mol. The van der Waals surface area contributed by atoms with Crippen molar-refractivity contribution in [1.29, 1.82) is 0 Å². The van der Waals surface area contributed by atoms with E-state index in [2.05, 4.69) is 9.97 Å². The Balaban J connectivity index is 2.62. The Labute approximate surface area is 70.6 Å². The molecule has 2 aromatic heterocycles. The van der Waals surface area contributed by atoms with Crippen molar-refractivity contribution in [3.05, 3.63) is 30.2 Å². The standard InChI is InChI=1S/C9H11N3/c1-6(10)9-4-7-5-11-3-2-8(7)12-9/h2-6,12H,10H2,1H3/t6-/m1/s1. The molecule has 0 amide bonds. The molecule has 0 saturated carbocycles. The Morgan fingerprint density at radius 2 is 2.42 bits per heavy atom. The van der Waals surface area contributed by atoms with Gasteiger partial charge in [0.05, 0.1) is 0 Å². The van der Waals surface area contributed by atoms with Gasteiger partial charge in [-0.05, 0) is 19.1 Å². The summed E-state index contributed by atoms with van der Waals surface area (Å²) in [5.41, 5.74) is 7.87. The highest BCUT2D eigenvalue weighted by Gasteiger charge is 2.02. The monoisotopic (exact) mass is 161 g/mol. The zero-order valence-corrected chi connectivity index (χ0v) is 6.91. The van der Waals surface area contributed by atoms with Crippen LogP contribution in [0.1, 0.15) is 18.7 Å². The van der Waals surface area contributed by atoms with Crippen molar-refractivity contribution in [2.45, 2.75) is 13.0 Å². The summed E-state index contributed by atoms with van der Waals surface area (Å²) in [7, 11) is 0. The lowest BCUT2D eigenvalue weighted by Crippen LogP contribution is -2.04. The van der Waals surface area contributed by atoms with Crippen LogP contribution in [0.2, 0.25) is 0 Å². The minimum atomic E-state index is 0.0531. The predicted molar refractivity (Wildman–Crippen MR) is 48.7 cm³/mol. The average molecular weight is 161 g/mol. The summed E-state index contributed by atoms with van der Waals surface area (Å²) in [6.07, 6.45) is 3.60. The van der Waals surface area contributed by atoms with Crippen LogP contribution in [0.25, 0.3) is 10.9 Å². The lowest BCUT2D eigenvalue weighted by atomic mass is 10.2. The van der Waals surface area contributed by atoms with E-state index < -0.39 is 0 Å². The first-order valence-corrected chi connectivity index (χ1v) is 3.95. The summed E-state index contributed by atoms with van der Waals surface area (Å²) in [6, 6.07) is 4.03. The number of hydrogen-bond donors (Lipinski definition) is 2. The van der Waals surface area contributed by atoms with E-state index in [4.69, 9.17) is 5.73 Å². The van der Waals surface area contributed by atoms with E-state index in [1.54, 1.807) is 6.20 Å². The number of hydrogen-bond acceptors (Lipinski definition) is 2. The highest BCUT2D eigenvalue weighted by molar-refractivity contribution is 5.79. The van der Waals surface area contributed by atoms with Gasteiger partial charge in [0.25, 0.3) is 0 Å². The van der Waals surface area contributed by atoms with E-state index in [-0.39, 0.29) is 6.04 Å². The maximum absolute atomic E-state index is 5.73. The van der Waals surface area contributed by atoms with Crippen LogP contribution in [0.15, 0.2) is 24.5 Å². The van der Waals surface area contributed by atoms with Crippen LogP contribution >= 0.6 is 0 Å². The van der Waals surface area contributed by atoms with Crippen molar-refractivity contribution in [1.82, 2.24) is 9.97 Å². The van der Waals surface area contributed by atoms with Gasteiger partial charge in [-0.15, -0.1) is 0 Å².